The molecule has 0 bridgehead atoms. The van der Waals surface area contributed by atoms with Gasteiger partial charge < -0.3 is 4.90 Å². The average molecular weight is 374 g/mol. The largest absolute Gasteiger partial charge is 0.344 e. The van der Waals surface area contributed by atoms with Crippen LogP contribution in [0.2, 0.25) is 5.02 Å². The van der Waals surface area contributed by atoms with Crippen LogP contribution in [-0.4, -0.2) is 42.2 Å². The smallest absolute Gasteiger partial charge is 0.323 e. The standard InChI is InChI=1S/C15H17ClFN3O3S/c1-4-19(5-2)15(21)20-9-12(17)14(18-20)24(22,23)13-8-11(16)7-6-10(13)3/h6-9H,4-5H2,1-3H3. The molecule has 1 aromatic carbocycles. The van der Waals surface area contributed by atoms with Crippen LogP contribution in [0.5, 0.6) is 0 Å². The number of nitrogens with zero attached hydrogens (tertiary/aromatic N) is 3. The quantitative estimate of drug-likeness (QED) is 0.825. The zero-order chi connectivity index (χ0) is 18.1. The Morgan fingerprint density at radius 2 is 1.96 bits per heavy atom. The van der Waals surface area contributed by atoms with E-state index in [-0.39, 0.29) is 9.92 Å². The van der Waals surface area contributed by atoms with E-state index >= 15 is 0 Å². The predicted octanol–water partition coefficient (Wildman–Crippen LogP) is 3.13. The molecule has 130 valence electrons. The van der Waals surface area contributed by atoms with Crippen LogP contribution in [0.25, 0.3) is 0 Å². The van der Waals surface area contributed by atoms with Crippen LogP contribution < -0.4 is 0 Å². The highest BCUT2D eigenvalue weighted by Gasteiger charge is 2.29. The second kappa shape index (κ2) is 6.90. The van der Waals surface area contributed by atoms with Crippen LogP contribution in [0.1, 0.15) is 19.4 Å². The topological polar surface area (TPSA) is 72.3 Å². The van der Waals surface area contributed by atoms with E-state index in [1.54, 1.807) is 20.8 Å². The van der Waals surface area contributed by atoms with Crippen molar-refractivity contribution in [2.45, 2.75) is 30.7 Å². The lowest BCUT2D eigenvalue weighted by atomic mass is 10.2. The van der Waals surface area contributed by atoms with E-state index in [0.717, 1.165) is 6.20 Å². The molecule has 0 unspecified atom stereocenters. The van der Waals surface area contributed by atoms with Crippen molar-refractivity contribution >= 4 is 27.5 Å². The highest BCUT2D eigenvalue weighted by atomic mass is 35.5. The van der Waals surface area contributed by atoms with Gasteiger partial charge in [0.25, 0.3) is 0 Å². The Kier molecular flexibility index (Phi) is 5.29. The monoisotopic (exact) mass is 373 g/mol. The molecule has 0 saturated carbocycles. The molecular weight excluding hydrogens is 357 g/mol. The summed E-state index contributed by atoms with van der Waals surface area (Å²) in [4.78, 5) is 13.5. The zero-order valence-electron chi connectivity index (χ0n) is 13.5. The highest BCUT2D eigenvalue weighted by Crippen LogP contribution is 2.27. The molecule has 9 heteroatoms. The minimum atomic E-state index is -4.24. The summed E-state index contributed by atoms with van der Waals surface area (Å²) >= 11 is 5.84. The molecule has 0 fully saturated rings. The van der Waals surface area contributed by atoms with Crippen LogP contribution in [0.3, 0.4) is 0 Å². The lowest BCUT2D eigenvalue weighted by Gasteiger charge is -2.17. The summed E-state index contributed by atoms with van der Waals surface area (Å²) in [6.45, 7) is 5.88. The first-order valence-electron chi connectivity index (χ1n) is 7.28. The second-order valence-electron chi connectivity index (χ2n) is 5.09. The third-order valence-corrected chi connectivity index (χ3v) is 5.60. The van der Waals surface area contributed by atoms with Crippen LogP contribution >= 0.6 is 11.6 Å². The van der Waals surface area contributed by atoms with Gasteiger partial charge >= 0.3 is 6.03 Å². The molecule has 0 aliphatic heterocycles. The molecule has 2 rings (SSSR count). The lowest BCUT2D eigenvalue weighted by molar-refractivity contribution is 0.201. The number of aromatic nitrogens is 2. The molecule has 1 aromatic heterocycles. The molecule has 0 atom stereocenters. The number of rotatable bonds is 4. The number of benzene rings is 1. The maximum Gasteiger partial charge on any atom is 0.344 e. The fraction of sp³-hybridized carbons (Fsp3) is 0.333. The molecule has 0 aliphatic rings. The molecule has 24 heavy (non-hydrogen) atoms. The third kappa shape index (κ3) is 3.29. The molecule has 2 aromatic rings. The van der Waals surface area contributed by atoms with Gasteiger partial charge in [0.1, 0.15) is 0 Å². The Labute approximate surface area is 144 Å². The second-order valence-corrected chi connectivity index (χ2v) is 7.36. The Bertz CT molecular complexity index is 876. The summed E-state index contributed by atoms with van der Waals surface area (Å²) in [6, 6.07) is 3.69. The van der Waals surface area contributed by atoms with Crippen molar-refractivity contribution in [3.8, 4) is 0 Å². The maximum atomic E-state index is 14.2. The van der Waals surface area contributed by atoms with Crippen molar-refractivity contribution in [3.05, 3.63) is 40.8 Å². The first-order valence-corrected chi connectivity index (χ1v) is 9.14. The molecule has 1 heterocycles. The molecular formula is C15H17ClFN3O3S. The SMILES string of the molecule is CCN(CC)C(=O)n1cc(F)c(S(=O)(=O)c2cc(Cl)ccc2C)n1. The summed E-state index contributed by atoms with van der Waals surface area (Å²) < 4.78 is 40.2. The Morgan fingerprint density at radius 1 is 1.33 bits per heavy atom. The molecule has 0 radical (unpaired) electrons. The Balaban J connectivity index is 2.53. The van der Waals surface area contributed by atoms with Gasteiger partial charge in [-0.3, -0.25) is 0 Å². The Hall–Kier alpha value is -1.93. The number of carbonyl (C=O) groups excluding carboxylic acids is 1. The fourth-order valence-electron chi connectivity index (χ4n) is 2.22. The minimum absolute atomic E-state index is 0.144. The van der Waals surface area contributed by atoms with Gasteiger partial charge in [-0.2, -0.15) is 4.68 Å². The van der Waals surface area contributed by atoms with Gasteiger partial charge in [-0.1, -0.05) is 17.7 Å². The predicted molar refractivity (Wildman–Crippen MR) is 87.5 cm³/mol. The van der Waals surface area contributed by atoms with E-state index in [2.05, 4.69) is 5.10 Å². The Morgan fingerprint density at radius 3 is 2.54 bits per heavy atom. The summed E-state index contributed by atoms with van der Waals surface area (Å²) in [6.07, 6.45) is 0.771. The van der Waals surface area contributed by atoms with Crippen molar-refractivity contribution in [3.63, 3.8) is 0 Å². The van der Waals surface area contributed by atoms with Crippen LogP contribution in [0.15, 0.2) is 34.3 Å². The van der Waals surface area contributed by atoms with Crippen molar-refractivity contribution in [1.29, 1.82) is 0 Å². The summed E-state index contributed by atoms with van der Waals surface area (Å²) in [5, 5.41) is 3.07. The van der Waals surface area contributed by atoms with Gasteiger partial charge in [-0.25, -0.2) is 17.6 Å². The summed E-state index contributed by atoms with van der Waals surface area (Å²) in [7, 11) is -4.24. The summed E-state index contributed by atoms with van der Waals surface area (Å²) in [5.74, 6) is -1.09. The molecule has 0 spiro atoms. The number of amides is 1. The van der Waals surface area contributed by atoms with Crippen molar-refractivity contribution in [1.82, 2.24) is 14.7 Å². The molecule has 0 N–H and O–H groups in total. The van der Waals surface area contributed by atoms with Gasteiger partial charge in [-0.05, 0) is 38.5 Å². The first kappa shape index (κ1) is 18.4. The van der Waals surface area contributed by atoms with Gasteiger partial charge in [0, 0.05) is 18.1 Å². The van der Waals surface area contributed by atoms with Crippen molar-refractivity contribution in [2.75, 3.05) is 13.1 Å². The van der Waals surface area contributed by atoms with Crippen LogP contribution in [0, 0.1) is 12.7 Å². The number of hydrogen-bond acceptors (Lipinski definition) is 4. The minimum Gasteiger partial charge on any atom is -0.323 e. The number of aryl methyl sites for hydroxylation is 1. The van der Waals surface area contributed by atoms with E-state index in [0.29, 0.717) is 23.3 Å². The van der Waals surface area contributed by atoms with Gasteiger partial charge in [0.05, 0.1) is 11.1 Å². The number of hydrogen-bond donors (Lipinski definition) is 0. The molecule has 1 amide bonds. The first-order chi connectivity index (χ1) is 11.2. The van der Waals surface area contributed by atoms with E-state index in [9.17, 15) is 17.6 Å². The average Bonchev–Trinajstić information content (AvgIpc) is 2.93. The van der Waals surface area contributed by atoms with Gasteiger partial charge in [-0.15, -0.1) is 5.10 Å². The molecule has 0 saturated heterocycles. The van der Waals surface area contributed by atoms with Gasteiger partial charge in [0.2, 0.25) is 14.9 Å². The van der Waals surface area contributed by atoms with Crippen LogP contribution in [0.4, 0.5) is 9.18 Å². The van der Waals surface area contributed by atoms with E-state index in [1.807, 2.05) is 0 Å². The highest BCUT2D eigenvalue weighted by molar-refractivity contribution is 7.91. The van der Waals surface area contributed by atoms with Gasteiger partial charge in [0.15, 0.2) is 5.82 Å². The number of halogens is 2. The summed E-state index contributed by atoms with van der Waals surface area (Å²) in [5.41, 5.74) is 0.406. The normalized spacial score (nSPS) is 11.5. The van der Waals surface area contributed by atoms with E-state index < -0.39 is 26.7 Å². The third-order valence-electron chi connectivity index (χ3n) is 3.56. The zero-order valence-corrected chi connectivity index (χ0v) is 15.0. The number of carbonyl (C=O) groups is 1. The number of sulfone groups is 1. The van der Waals surface area contributed by atoms with Crippen molar-refractivity contribution < 1.29 is 17.6 Å². The van der Waals surface area contributed by atoms with Crippen LogP contribution in [-0.2, 0) is 9.84 Å². The maximum absolute atomic E-state index is 14.2. The van der Waals surface area contributed by atoms with E-state index in [1.165, 1.54) is 23.1 Å². The molecule has 0 aliphatic carbocycles. The molecule has 6 nitrogen and oxygen atoms in total. The van der Waals surface area contributed by atoms with E-state index in [4.69, 9.17) is 11.6 Å². The van der Waals surface area contributed by atoms with Crippen molar-refractivity contribution in [2.24, 2.45) is 0 Å². The fourth-order valence-corrected chi connectivity index (χ4v) is 3.95. The lowest BCUT2D eigenvalue weighted by Crippen LogP contribution is -2.34.